The maximum Gasteiger partial charge on any atom is 0.0940 e. The van der Waals surface area contributed by atoms with Crippen molar-refractivity contribution < 1.29 is 0 Å². The van der Waals surface area contributed by atoms with Crippen LogP contribution in [0.1, 0.15) is 21.1 Å². The molecule has 1 aromatic heterocycles. The molecule has 0 fully saturated rings. The number of halogens is 3. The molecule has 0 saturated heterocycles. The minimum atomic E-state index is -0.274. The summed E-state index contributed by atoms with van der Waals surface area (Å²) >= 11 is 17.8. The van der Waals surface area contributed by atoms with Crippen molar-refractivity contribution in [3.8, 4) is 0 Å². The minimum absolute atomic E-state index is 0.274. The lowest BCUT2D eigenvalue weighted by Gasteiger charge is -2.29. The first-order valence-electron chi connectivity index (χ1n) is 6.31. The summed E-state index contributed by atoms with van der Waals surface area (Å²) < 4.78 is 1.04. The molecule has 0 atom stereocenters. The molecule has 2 rings (SSSR count). The highest BCUT2D eigenvalue weighted by atomic mass is 79.9. The Morgan fingerprint density at radius 2 is 1.95 bits per heavy atom. The lowest BCUT2D eigenvalue weighted by atomic mass is 9.81. The van der Waals surface area contributed by atoms with Crippen LogP contribution in [0, 0.1) is 13.8 Å². The van der Waals surface area contributed by atoms with Crippen LogP contribution >= 0.6 is 50.5 Å². The van der Waals surface area contributed by atoms with E-state index >= 15 is 0 Å². The molecule has 0 aliphatic heterocycles. The number of aromatic nitrogens is 1. The Bertz CT molecular complexity index is 574. The lowest BCUT2D eigenvalue weighted by Crippen LogP contribution is -2.33. The number of hydrogen-bond acceptors (Lipinski definition) is 2. The summed E-state index contributed by atoms with van der Waals surface area (Å²) in [5.74, 6) is 0.954. The molecule has 0 bridgehead atoms. The van der Waals surface area contributed by atoms with Crippen LogP contribution in [0.4, 0.5) is 0 Å². The molecule has 108 valence electrons. The van der Waals surface area contributed by atoms with E-state index in [1.165, 1.54) is 4.88 Å². The summed E-state index contributed by atoms with van der Waals surface area (Å²) in [6.45, 7) is 4.14. The molecule has 0 unspecified atom stereocenters. The van der Waals surface area contributed by atoms with Gasteiger partial charge in [-0.25, -0.2) is 4.98 Å². The summed E-state index contributed by atoms with van der Waals surface area (Å²) in [4.78, 5) is 5.89. The third kappa shape index (κ3) is 3.38. The first-order valence-corrected chi connectivity index (χ1v) is 8.99. The van der Waals surface area contributed by atoms with E-state index < -0.39 is 0 Å². The average molecular weight is 393 g/mol. The molecule has 5 heteroatoms. The summed E-state index contributed by atoms with van der Waals surface area (Å²) in [6, 6.07) is 8.21. The second-order valence-electron chi connectivity index (χ2n) is 4.98. The average Bonchev–Trinajstić information content (AvgIpc) is 2.75. The number of rotatable bonds is 5. The van der Waals surface area contributed by atoms with Gasteiger partial charge in [-0.3, -0.25) is 0 Å². The molecule has 1 nitrogen and oxygen atoms in total. The van der Waals surface area contributed by atoms with Crippen molar-refractivity contribution >= 4 is 50.5 Å². The third-order valence-electron chi connectivity index (χ3n) is 3.51. The zero-order valence-corrected chi connectivity index (χ0v) is 15.3. The minimum Gasteiger partial charge on any atom is -0.246 e. The number of hydrogen-bond donors (Lipinski definition) is 0. The molecular formula is C15H16BrCl2NS. The molecule has 0 saturated carbocycles. The van der Waals surface area contributed by atoms with Gasteiger partial charge in [-0.1, -0.05) is 28.1 Å². The van der Waals surface area contributed by atoms with Gasteiger partial charge < -0.3 is 0 Å². The SMILES string of the molecule is Cc1nc(CC(CCl)(CCl)c2cccc(Br)c2)sc1C. The summed E-state index contributed by atoms with van der Waals surface area (Å²) in [7, 11) is 0. The molecule has 2 aromatic rings. The van der Waals surface area contributed by atoms with Crippen LogP contribution in [0.3, 0.4) is 0 Å². The highest BCUT2D eigenvalue weighted by Crippen LogP contribution is 2.34. The zero-order valence-electron chi connectivity index (χ0n) is 11.4. The quantitative estimate of drug-likeness (QED) is 0.613. The number of aryl methyl sites for hydroxylation is 2. The third-order valence-corrected chi connectivity index (χ3v) is 6.10. The van der Waals surface area contributed by atoms with E-state index in [2.05, 4.69) is 40.0 Å². The van der Waals surface area contributed by atoms with Gasteiger partial charge in [0.25, 0.3) is 0 Å². The first kappa shape index (κ1) is 16.3. The van der Waals surface area contributed by atoms with Gasteiger partial charge in [-0.15, -0.1) is 34.5 Å². The van der Waals surface area contributed by atoms with Crippen LogP contribution in [-0.2, 0) is 11.8 Å². The highest BCUT2D eigenvalue weighted by molar-refractivity contribution is 9.10. The van der Waals surface area contributed by atoms with Crippen LogP contribution in [0.5, 0.6) is 0 Å². The van der Waals surface area contributed by atoms with Crippen molar-refractivity contribution in [3.63, 3.8) is 0 Å². The fourth-order valence-corrected chi connectivity index (χ4v) is 4.37. The molecule has 0 aliphatic rings. The van der Waals surface area contributed by atoms with E-state index in [1.54, 1.807) is 11.3 Å². The molecule has 0 spiro atoms. The van der Waals surface area contributed by atoms with Crippen molar-refractivity contribution in [2.45, 2.75) is 25.7 Å². The zero-order chi connectivity index (χ0) is 14.8. The second-order valence-corrected chi connectivity index (χ2v) is 7.72. The first-order chi connectivity index (χ1) is 9.50. The lowest BCUT2D eigenvalue weighted by molar-refractivity contribution is 0.534. The van der Waals surface area contributed by atoms with Gasteiger partial charge in [-0.05, 0) is 31.5 Å². The van der Waals surface area contributed by atoms with Gasteiger partial charge in [0.2, 0.25) is 0 Å². The Kier molecular flexibility index (Phi) is 5.52. The van der Waals surface area contributed by atoms with Crippen molar-refractivity contribution in [2.75, 3.05) is 11.8 Å². The second kappa shape index (κ2) is 6.78. The summed E-state index contributed by atoms with van der Waals surface area (Å²) in [6.07, 6.45) is 0.774. The number of thiazole rings is 1. The predicted octanol–water partition coefficient (Wildman–Crippen LogP) is 5.48. The van der Waals surface area contributed by atoms with Gasteiger partial charge in [0.15, 0.2) is 0 Å². The fourth-order valence-electron chi connectivity index (χ4n) is 2.11. The number of alkyl halides is 2. The molecule has 0 radical (unpaired) electrons. The Labute approximate surface area is 142 Å². The van der Waals surface area contributed by atoms with Crippen LogP contribution in [0.15, 0.2) is 28.7 Å². The number of nitrogens with zero attached hydrogens (tertiary/aromatic N) is 1. The van der Waals surface area contributed by atoms with E-state index in [-0.39, 0.29) is 5.41 Å². The standard InChI is InChI=1S/C15H16BrCl2NS/c1-10-11(2)20-14(19-10)7-15(8-17,9-18)12-4-3-5-13(16)6-12/h3-6H,7-9H2,1-2H3. The predicted molar refractivity (Wildman–Crippen MR) is 92.6 cm³/mol. The van der Waals surface area contributed by atoms with Gasteiger partial charge in [-0.2, -0.15) is 0 Å². The van der Waals surface area contributed by atoms with Crippen molar-refractivity contribution in [1.82, 2.24) is 4.98 Å². The maximum absolute atomic E-state index is 6.28. The Balaban J connectivity index is 2.39. The van der Waals surface area contributed by atoms with E-state index in [1.807, 2.05) is 19.1 Å². The topological polar surface area (TPSA) is 12.9 Å². The van der Waals surface area contributed by atoms with E-state index in [9.17, 15) is 0 Å². The Hall–Kier alpha value is -0.0900. The molecule has 1 heterocycles. The molecule has 20 heavy (non-hydrogen) atoms. The van der Waals surface area contributed by atoms with Crippen molar-refractivity contribution in [1.29, 1.82) is 0 Å². The number of benzene rings is 1. The van der Waals surface area contributed by atoms with Crippen molar-refractivity contribution in [2.24, 2.45) is 0 Å². The van der Waals surface area contributed by atoms with Crippen LogP contribution < -0.4 is 0 Å². The van der Waals surface area contributed by atoms with Gasteiger partial charge in [0, 0.05) is 32.9 Å². The molecule has 0 amide bonds. The maximum atomic E-state index is 6.28. The monoisotopic (exact) mass is 391 g/mol. The summed E-state index contributed by atoms with van der Waals surface area (Å²) in [5, 5.41) is 1.10. The van der Waals surface area contributed by atoms with Crippen LogP contribution in [0.2, 0.25) is 0 Å². The van der Waals surface area contributed by atoms with E-state index in [0.29, 0.717) is 11.8 Å². The van der Waals surface area contributed by atoms with Crippen LogP contribution in [0.25, 0.3) is 0 Å². The molecular weight excluding hydrogens is 377 g/mol. The normalized spacial score (nSPS) is 11.8. The van der Waals surface area contributed by atoms with E-state index in [4.69, 9.17) is 23.2 Å². The van der Waals surface area contributed by atoms with E-state index in [0.717, 1.165) is 27.2 Å². The molecule has 1 aromatic carbocycles. The molecule has 0 N–H and O–H groups in total. The fraction of sp³-hybridized carbons (Fsp3) is 0.400. The highest BCUT2D eigenvalue weighted by Gasteiger charge is 2.32. The van der Waals surface area contributed by atoms with Gasteiger partial charge in [0.05, 0.1) is 10.7 Å². The van der Waals surface area contributed by atoms with Gasteiger partial charge in [0.1, 0.15) is 0 Å². The summed E-state index contributed by atoms with van der Waals surface area (Å²) in [5.41, 5.74) is 1.98. The largest absolute Gasteiger partial charge is 0.246 e. The van der Waals surface area contributed by atoms with Gasteiger partial charge >= 0.3 is 0 Å². The van der Waals surface area contributed by atoms with Crippen LogP contribution in [-0.4, -0.2) is 16.7 Å². The molecule has 0 aliphatic carbocycles. The van der Waals surface area contributed by atoms with Crippen molar-refractivity contribution in [3.05, 3.63) is 49.9 Å². The Morgan fingerprint density at radius 3 is 2.45 bits per heavy atom. The Morgan fingerprint density at radius 1 is 1.25 bits per heavy atom. The smallest absolute Gasteiger partial charge is 0.0940 e.